The summed E-state index contributed by atoms with van der Waals surface area (Å²) in [7, 11) is 3.23. The highest BCUT2D eigenvalue weighted by Gasteiger charge is 2.45. The lowest BCUT2D eigenvalue weighted by Crippen LogP contribution is -2.63. The van der Waals surface area contributed by atoms with E-state index in [0.29, 0.717) is 79.4 Å². The predicted molar refractivity (Wildman–Crippen MR) is 204 cm³/mol. The minimum atomic E-state index is -0.448. The Hall–Kier alpha value is -4.46. The van der Waals surface area contributed by atoms with Gasteiger partial charge in [-0.05, 0) is 94.6 Å². The number of hydrogen-bond donors (Lipinski definition) is 2. The zero-order chi connectivity index (χ0) is 37.8. The van der Waals surface area contributed by atoms with E-state index in [-0.39, 0.29) is 41.9 Å². The SMILES string of the molecule is COc1cc(CN(C(=O)C2=C(c3ccc(CCCOc4cc(F)ccc4Br)cc3)C[C@@H]3CN(C(=O)[C@@H]4C[C@@H](OC=O)CN4)C[C@H]2N3)C2CC2)cc(OC)c1. The van der Waals surface area contributed by atoms with Crippen molar-refractivity contribution in [2.45, 2.75) is 75.3 Å². The molecule has 2 saturated heterocycles. The zero-order valence-electron chi connectivity index (χ0n) is 30.5. The first kappa shape index (κ1) is 37.8. The Morgan fingerprint density at radius 3 is 2.46 bits per heavy atom. The van der Waals surface area contributed by atoms with Crippen molar-refractivity contribution in [3.8, 4) is 17.2 Å². The summed E-state index contributed by atoms with van der Waals surface area (Å²) in [5.41, 5.74) is 4.72. The Bertz CT molecular complexity index is 1870. The number of piperazine rings is 1. The maximum absolute atomic E-state index is 15.0. The summed E-state index contributed by atoms with van der Waals surface area (Å²) in [4.78, 5) is 43.6. The van der Waals surface area contributed by atoms with Gasteiger partial charge in [-0.1, -0.05) is 24.3 Å². The summed E-state index contributed by atoms with van der Waals surface area (Å²) in [6.07, 6.45) is 4.03. The van der Waals surface area contributed by atoms with Crippen LogP contribution < -0.4 is 24.8 Å². The van der Waals surface area contributed by atoms with Crippen molar-refractivity contribution < 1.29 is 37.7 Å². The molecule has 4 atom stereocenters. The third-order valence-corrected chi connectivity index (χ3v) is 11.3. The molecule has 0 radical (unpaired) electrons. The van der Waals surface area contributed by atoms with Crippen LogP contribution in [0.2, 0.25) is 0 Å². The fraction of sp³-hybridized carbons (Fsp3) is 0.439. The van der Waals surface area contributed by atoms with Gasteiger partial charge in [0, 0.05) is 62.4 Å². The molecule has 0 aromatic heterocycles. The van der Waals surface area contributed by atoms with Crippen LogP contribution in [0.5, 0.6) is 17.2 Å². The lowest BCUT2D eigenvalue weighted by atomic mass is 9.82. The van der Waals surface area contributed by atoms with Gasteiger partial charge in [0.05, 0.1) is 37.4 Å². The van der Waals surface area contributed by atoms with Crippen LogP contribution in [0.15, 0.2) is 70.7 Å². The fourth-order valence-corrected chi connectivity index (χ4v) is 8.18. The van der Waals surface area contributed by atoms with E-state index in [2.05, 4.69) is 50.8 Å². The van der Waals surface area contributed by atoms with E-state index in [1.165, 1.54) is 12.1 Å². The Morgan fingerprint density at radius 1 is 1.00 bits per heavy atom. The summed E-state index contributed by atoms with van der Waals surface area (Å²) >= 11 is 3.41. The van der Waals surface area contributed by atoms with Crippen LogP contribution in [-0.2, 0) is 32.1 Å². The van der Waals surface area contributed by atoms with Gasteiger partial charge >= 0.3 is 0 Å². The number of carbonyl (C=O) groups is 3. The van der Waals surface area contributed by atoms with Crippen molar-refractivity contribution in [2.24, 2.45) is 0 Å². The van der Waals surface area contributed by atoms with Crippen molar-refractivity contribution in [3.63, 3.8) is 0 Å². The van der Waals surface area contributed by atoms with Crippen molar-refractivity contribution in [3.05, 3.63) is 93.2 Å². The molecule has 1 aliphatic carbocycles. The molecule has 11 nitrogen and oxygen atoms in total. The van der Waals surface area contributed by atoms with Gasteiger partial charge in [-0.25, -0.2) is 4.39 Å². The summed E-state index contributed by atoms with van der Waals surface area (Å²) in [6, 6.07) is 17.7. The first-order valence-corrected chi connectivity index (χ1v) is 19.3. The number of carbonyl (C=O) groups excluding carboxylic acids is 3. The van der Waals surface area contributed by atoms with Gasteiger partial charge in [0.15, 0.2) is 0 Å². The lowest BCUT2D eigenvalue weighted by Gasteiger charge is -2.45. The largest absolute Gasteiger partial charge is 0.497 e. The van der Waals surface area contributed by atoms with Crippen LogP contribution in [0.25, 0.3) is 5.57 Å². The third-order valence-electron chi connectivity index (χ3n) is 10.7. The molecule has 3 aliphatic heterocycles. The molecule has 0 spiro atoms. The smallest absolute Gasteiger partial charge is 0.293 e. The highest BCUT2D eigenvalue weighted by molar-refractivity contribution is 9.10. The summed E-state index contributed by atoms with van der Waals surface area (Å²) < 4.78 is 36.4. The summed E-state index contributed by atoms with van der Waals surface area (Å²) in [5, 5.41) is 6.92. The molecule has 3 heterocycles. The molecule has 286 valence electrons. The number of aryl methyl sites for hydroxylation is 1. The average molecular weight is 806 g/mol. The molecule has 54 heavy (non-hydrogen) atoms. The van der Waals surface area contributed by atoms with Crippen LogP contribution >= 0.6 is 15.9 Å². The Balaban J connectivity index is 1.14. The molecule has 2 amide bonds. The van der Waals surface area contributed by atoms with Crippen molar-refractivity contribution in [1.82, 2.24) is 20.4 Å². The first-order chi connectivity index (χ1) is 26.2. The number of rotatable bonds is 15. The number of methoxy groups -OCH3 is 2. The van der Waals surface area contributed by atoms with Gasteiger partial charge in [0.25, 0.3) is 12.4 Å². The Kier molecular flexibility index (Phi) is 11.9. The van der Waals surface area contributed by atoms with Gasteiger partial charge in [0.1, 0.15) is 29.2 Å². The molecule has 1 saturated carbocycles. The molecule has 2 N–H and O–H groups in total. The molecule has 4 aliphatic rings. The van der Waals surface area contributed by atoms with E-state index in [0.717, 1.165) is 47.9 Å². The third kappa shape index (κ3) is 8.74. The molecule has 0 unspecified atom stereocenters. The van der Waals surface area contributed by atoms with Gasteiger partial charge in [0.2, 0.25) is 5.91 Å². The van der Waals surface area contributed by atoms with E-state index in [1.54, 1.807) is 20.3 Å². The lowest BCUT2D eigenvalue weighted by molar-refractivity contribution is -0.137. The topological polar surface area (TPSA) is 119 Å². The van der Waals surface area contributed by atoms with E-state index >= 15 is 0 Å². The molecule has 3 fully saturated rings. The molecular weight excluding hydrogens is 759 g/mol. The van der Waals surface area contributed by atoms with E-state index < -0.39 is 6.04 Å². The normalized spacial score (nSPS) is 22.1. The second-order valence-electron chi connectivity index (χ2n) is 14.4. The highest BCUT2D eigenvalue weighted by Crippen LogP contribution is 2.38. The number of nitrogens with zero attached hydrogens (tertiary/aromatic N) is 2. The predicted octanol–water partition coefficient (Wildman–Crippen LogP) is 5.04. The maximum atomic E-state index is 15.0. The molecular formula is C41H46BrFN4O7. The van der Waals surface area contributed by atoms with E-state index in [4.69, 9.17) is 18.9 Å². The Labute approximate surface area is 323 Å². The number of halogens is 2. The number of ether oxygens (including phenoxy) is 4. The summed E-state index contributed by atoms with van der Waals surface area (Å²) in [5.74, 6) is 1.37. The monoisotopic (exact) mass is 804 g/mol. The highest BCUT2D eigenvalue weighted by atomic mass is 79.9. The van der Waals surface area contributed by atoms with Crippen molar-refractivity contribution in [2.75, 3.05) is 40.5 Å². The average Bonchev–Trinajstić information content (AvgIpc) is 3.92. The fourth-order valence-electron chi connectivity index (χ4n) is 7.82. The zero-order valence-corrected chi connectivity index (χ0v) is 32.1. The molecule has 3 aromatic carbocycles. The van der Waals surface area contributed by atoms with Crippen LogP contribution in [0.4, 0.5) is 4.39 Å². The van der Waals surface area contributed by atoms with Gasteiger partial charge < -0.3 is 39.4 Å². The Morgan fingerprint density at radius 2 is 1.76 bits per heavy atom. The van der Waals surface area contributed by atoms with Gasteiger partial charge in [-0.3, -0.25) is 14.4 Å². The van der Waals surface area contributed by atoms with Crippen molar-refractivity contribution >= 4 is 39.8 Å². The number of benzene rings is 3. The van der Waals surface area contributed by atoms with Gasteiger partial charge in [-0.2, -0.15) is 0 Å². The molecule has 2 bridgehead atoms. The standard InChI is InChI=1S/C41H46BrFN4O7/c1-51-31-14-26(15-32(18-31)52-2)21-47(30-10-11-30)41(50)39-34(17-29-22-46(23-37(39)45-29)40(49)36-19-33(20-44-36)54-24-48)27-7-5-25(6-8-27)4-3-13-53-38-16-28(43)9-12-35(38)42/h5-9,12,14-16,18,24,29-30,33,36-37,44-45H,3-4,10-11,13,17,19-23H2,1-2H3/t29-,33-,36+,37-/m1/s1. The number of nitrogens with one attached hydrogen (secondary N) is 2. The van der Waals surface area contributed by atoms with Crippen LogP contribution in [0.1, 0.15) is 48.8 Å². The van der Waals surface area contributed by atoms with E-state index in [9.17, 15) is 18.8 Å². The quantitative estimate of drug-likeness (QED) is 0.161. The van der Waals surface area contributed by atoms with Crippen LogP contribution in [0, 0.1) is 5.82 Å². The first-order valence-electron chi connectivity index (χ1n) is 18.5. The maximum Gasteiger partial charge on any atom is 0.293 e. The molecule has 13 heteroatoms. The number of fused-ring (bicyclic) bond motifs is 2. The molecule has 3 aromatic rings. The minimum absolute atomic E-state index is 0.0392. The minimum Gasteiger partial charge on any atom is -0.497 e. The van der Waals surface area contributed by atoms with Crippen LogP contribution in [0.3, 0.4) is 0 Å². The van der Waals surface area contributed by atoms with Gasteiger partial charge in [-0.15, -0.1) is 0 Å². The number of amides is 2. The molecule has 7 rings (SSSR count). The number of hydrogen-bond acceptors (Lipinski definition) is 9. The van der Waals surface area contributed by atoms with Crippen LogP contribution in [-0.4, -0.2) is 98.8 Å². The van der Waals surface area contributed by atoms with E-state index in [1.807, 2.05) is 28.0 Å². The van der Waals surface area contributed by atoms with Crippen molar-refractivity contribution in [1.29, 1.82) is 0 Å². The second-order valence-corrected chi connectivity index (χ2v) is 15.3. The summed E-state index contributed by atoms with van der Waals surface area (Å²) in [6.45, 7) is 2.55. The second kappa shape index (κ2) is 16.9.